The number of carbonyl (C=O) groups excluding carboxylic acids is 1. The molecule has 1 saturated heterocycles. The summed E-state index contributed by atoms with van der Waals surface area (Å²) in [6.45, 7) is 8.93. The fourth-order valence-corrected chi connectivity index (χ4v) is 6.31. The predicted octanol–water partition coefficient (Wildman–Crippen LogP) is 5.20. The van der Waals surface area contributed by atoms with E-state index >= 15 is 0 Å². The molecule has 0 aromatic heterocycles. The van der Waals surface area contributed by atoms with Crippen molar-refractivity contribution in [2.24, 2.45) is 5.92 Å². The Bertz CT molecular complexity index is 1130. The van der Waals surface area contributed by atoms with E-state index in [0.29, 0.717) is 42.4 Å². The minimum atomic E-state index is -3.46. The third-order valence-corrected chi connectivity index (χ3v) is 8.61. The third kappa shape index (κ3) is 6.32. The van der Waals surface area contributed by atoms with Gasteiger partial charge in [-0.25, -0.2) is 12.7 Å². The number of rotatable bonds is 8. The molecule has 1 amide bonds. The number of benzene rings is 2. The van der Waals surface area contributed by atoms with Crippen LogP contribution in [0.2, 0.25) is 5.02 Å². The number of piperidine rings is 1. The first-order chi connectivity index (χ1) is 16.0. The molecule has 1 N–H and O–H groups in total. The standard InChI is InChI=1S/C26H35ClN2O4S/c1-17(2)23-15-24(18(3)13-25(23)33-5)19(4)28-26(30)21-9-11-29(12-10-21)34(31,32)16-20-7-6-8-22(27)14-20/h6-8,13-15,17,19,21H,9-12,16H2,1-5H3,(H,28,30)/t19-/m1/s1. The normalized spacial score (nSPS) is 16.4. The van der Waals surface area contributed by atoms with Gasteiger partial charge in [0.25, 0.3) is 0 Å². The Kier molecular flexibility index (Phi) is 8.66. The highest BCUT2D eigenvalue weighted by Crippen LogP contribution is 2.32. The largest absolute Gasteiger partial charge is 0.496 e. The van der Waals surface area contributed by atoms with Gasteiger partial charge in [-0.15, -0.1) is 0 Å². The highest BCUT2D eigenvalue weighted by molar-refractivity contribution is 7.88. The van der Waals surface area contributed by atoms with Crippen LogP contribution in [0.3, 0.4) is 0 Å². The Morgan fingerprint density at radius 2 is 1.82 bits per heavy atom. The molecule has 1 atom stereocenters. The molecule has 1 heterocycles. The number of hydrogen-bond acceptors (Lipinski definition) is 4. The van der Waals surface area contributed by atoms with Crippen molar-refractivity contribution < 1.29 is 17.9 Å². The van der Waals surface area contributed by atoms with Crippen LogP contribution in [0.25, 0.3) is 0 Å². The van der Waals surface area contributed by atoms with Crippen LogP contribution in [0.5, 0.6) is 5.75 Å². The number of hydrogen-bond donors (Lipinski definition) is 1. The molecule has 8 heteroatoms. The monoisotopic (exact) mass is 506 g/mol. The zero-order valence-electron chi connectivity index (χ0n) is 20.6. The molecule has 1 fully saturated rings. The van der Waals surface area contributed by atoms with Crippen molar-refractivity contribution in [2.45, 2.75) is 58.2 Å². The van der Waals surface area contributed by atoms with Gasteiger partial charge >= 0.3 is 0 Å². The van der Waals surface area contributed by atoms with Crippen LogP contribution in [-0.4, -0.2) is 38.8 Å². The number of sulfonamides is 1. The molecule has 0 aliphatic carbocycles. The Morgan fingerprint density at radius 1 is 1.15 bits per heavy atom. The summed E-state index contributed by atoms with van der Waals surface area (Å²) < 4.78 is 32.7. The number of ether oxygens (including phenoxy) is 1. The molecule has 0 unspecified atom stereocenters. The molecule has 0 saturated carbocycles. The molecule has 2 aromatic carbocycles. The zero-order valence-corrected chi connectivity index (χ0v) is 22.2. The summed E-state index contributed by atoms with van der Waals surface area (Å²) in [4.78, 5) is 13.0. The lowest BCUT2D eigenvalue weighted by molar-refractivity contribution is -0.126. The van der Waals surface area contributed by atoms with Crippen LogP contribution in [0.15, 0.2) is 36.4 Å². The van der Waals surface area contributed by atoms with Gasteiger partial charge in [-0.3, -0.25) is 4.79 Å². The molecule has 1 aliphatic rings. The SMILES string of the molecule is COc1cc(C)c([C@@H](C)NC(=O)C2CCN(S(=O)(=O)Cc3cccc(Cl)c3)CC2)cc1C(C)C. The van der Waals surface area contributed by atoms with Gasteiger partial charge in [-0.2, -0.15) is 0 Å². The molecule has 0 spiro atoms. The first kappa shape index (κ1) is 26.5. The lowest BCUT2D eigenvalue weighted by Gasteiger charge is -2.31. The number of amides is 1. The van der Waals surface area contributed by atoms with E-state index in [4.69, 9.17) is 16.3 Å². The molecule has 34 heavy (non-hydrogen) atoms. The zero-order chi connectivity index (χ0) is 25.0. The maximum Gasteiger partial charge on any atom is 0.223 e. The van der Waals surface area contributed by atoms with E-state index in [1.807, 2.05) is 19.9 Å². The highest BCUT2D eigenvalue weighted by atomic mass is 35.5. The molecule has 3 rings (SSSR count). The second kappa shape index (κ2) is 11.1. The predicted molar refractivity (Wildman–Crippen MR) is 137 cm³/mol. The topological polar surface area (TPSA) is 75.7 Å². The molecular formula is C26H35ClN2O4S. The van der Waals surface area contributed by atoms with Crippen molar-refractivity contribution in [3.63, 3.8) is 0 Å². The smallest absolute Gasteiger partial charge is 0.223 e. The van der Waals surface area contributed by atoms with Gasteiger partial charge in [-0.1, -0.05) is 37.6 Å². The van der Waals surface area contributed by atoms with Gasteiger partial charge in [-0.05, 0) is 79.1 Å². The molecule has 6 nitrogen and oxygen atoms in total. The van der Waals surface area contributed by atoms with Crippen LogP contribution in [0.1, 0.15) is 67.8 Å². The molecule has 186 valence electrons. The van der Waals surface area contributed by atoms with Gasteiger partial charge < -0.3 is 10.1 Å². The van der Waals surface area contributed by atoms with Gasteiger partial charge in [0, 0.05) is 24.0 Å². The van der Waals surface area contributed by atoms with E-state index in [2.05, 4.69) is 25.2 Å². The maximum atomic E-state index is 13.0. The third-order valence-electron chi connectivity index (χ3n) is 6.52. The summed E-state index contributed by atoms with van der Waals surface area (Å²) in [7, 11) is -1.79. The second-order valence-corrected chi connectivity index (χ2v) is 11.8. The summed E-state index contributed by atoms with van der Waals surface area (Å²) in [5, 5.41) is 3.67. The average molecular weight is 507 g/mol. The first-order valence-corrected chi connectivity index (χ1v) is 13.7. The molecule has 0 bridgehead atoms. The highest BCUT2D eigenvalue weighted by Gasteiger charge is 2.32. The van der Waals surface area contributed by atoms with Gasteiger partial charge in [0.15, 0.2) is 0 Å². The van der Waals surface area contributed by atoms with Crippen molar-refractivity contribution >= 4 is 27.5 Å². The van der Waals surface area contributed by atoms with Gasteiger partial charge in [0.1, 0.15) is 5.75 Å². The Balaban J connectivity index is 1.61. The van der Waals surface area contributed by atoms with Crippen LogP contribution in [-0.2, 0) is 20.6 Å². The van der Waals surface area contributed by atoms with E-state index in [9.17, 15) is 13.2 Å². The lowest BCUT2D eigenvalue weighted by atomic mass is 9.92. The number of nitrogens with zero attached hydrogens (tertiary/aromatic N) is 1. The number of methoxy groups -OCH3 is 1. The summed E-state index contributed by atoms with van der Waals surface area (Å²) in [6, 6.07) is 10.9. The van der Waals surface area contributed by atoms with Crippen molar-refractivity contribution in [1.29, 1.82) is 0 Å². The second-order valence-electron chi connectivity index (χ2n) is 9.40. The van der Waals surface area contributed by atoms with E-state index in [1.54, 1.807) is 31.4 Å². The molecule has 1 aliphatic heterocycles. The number of aryl methyl sites for hydroxylation is 1. The van der Waals surface area contributed by atoms with Crippen molar-refractivity contribution in [1.82, 2.24) is 9.62 Å². The Labute approximate surface area is 208 Å². The van der Waals surface area contributed by atoms with Crippen molar-refractivity contribution in [2.75, 3.05) is 20.2 Å². The van der Waals surface area contributed by atoms with Crippen LogP contribution >= 0.6 is 11.6 Å². The van der Waals surface area contributed by atoms with Crippen molar-refractivity contribution in [3.8, 4) is 5.75 Å². The molecule has 2 aromatic rings. The van der Waals surface area contributed by atoms with Crippen LogP contribution < -0.4 is 10.1 Å². The van der Waals surface area contributed by atoms with Gasteiger partial charge in [0.2, 0.25) is 15.9 Å². The van der Waals surface area contributed by atoms with Crippen LogP contribution in [0.4, 0.5) is 0 Å². The van der Waals surface area contributed by atoms with E-state index in [1.165, 1.54) is 4.31 Å². The first-order valence-electron chi connectivity index (χ1n) is 11.7. The molecule has 0 radical (unpaired) electrons. The van der Waals surface area contributed by atoms with E-state index < -0.39 is 10.0 Å². The van der Waals surface area contributed by atoms with Crippen LogP contribution in [0, 0.1) is 12.8 Å². The fraction of sp³-hybridized carbons (Fsp3) is 0.500. The summed E-state index contributed by atoms with van der Waals surface area (Å²) in [5.41, 5.74) is 3.91. The van der Waals surface area contributed by atoms with E-state index in [0.717, 1.165) is 22.4 Å². The minimum Gasteiger partial charge on any atom is -0.496 e. The summed E-state index contributed by atoms with van der Waals surface area (Å²) >= 11 is 5.99. The molecular weight excluding hydrogens is 472 g/mol. The van der Waals surface area contributed by atoms with Gasteiger partial charge in [0.05, 0.1) is 18.9 Å². The Hall–Kier alpha value is -2.09. The Morgan fingerprint density at radius 3 is 2.41 bits per heavy atom. The number of carbonyl (C=O) groups is 1. The quantitative estimate of drug-likeness (QED) is 0.534. The summed E-state index contributed by atoms with van der Waals surface area (Å²) in [5.74, 6) is 0.844. The fourth-order valence-electron chi connectivity index (χ4n) is 4.54. The summed E-state index contributed by atoms with van der Waals surface area (Å²) in [6.07, 6.45) is 1.01. The number of halogens is 1. The lowest BCUT2D eigenvalue weighted by Crippen LogP contribution is -2.43. The van der Waals surface area contributed by atoms with Crippen molar-refractivity contribution in [3.05, 3.63) is 63.7 Å². The minimum absolute atomic E-state index is 0.0271. The number of nitrogens with one attached hydrogen (secondary N) is 1. The maximum absolute atomic E-state index is 13.0. The van der Waals surface area contributed by atoms with E-state index in [-0.39, 0.29) is 23.6 Å². The average Bonchev–Trinajstić information content (AvgIpc) is 2.78.